The van der Waals surface area contributed by atoms with E-state index in [0.717, 1.165) is 37.5 Å². The van der Waals surface area contributed by atoms with Gasteiger partial charge in [-0.2, -0.15) is 0 Å². The first-order valence-corrected chi connectivity index (χ1v) is 11.3. The van der Waals surface area contributed by atoms with E-state index in [2.05, 4.69) is 50.8 Å². The van der Waals surface area contributed by atoms with Gasteiger partial charge in [-0.15, -0.1) is 0 Å². The molecule has 0 aromatic heterocycles. The number of piperazine rings is 1. The molecular formula is C26H36N2O3. The standard InChI is InChI=1S/C26H36N2O3/c1-6-31-25-11-10-22(16-23(25)18-30-17-19(2)3)26(29)28-14-12-27(13-15-28)24-9-7-8-20(4)21(24)5/h7-11,16,19H,6,12-15,17-18H2,1-5H3. The molecule has 0 saturated carbocycles. The third-order valence-corrected chi connectivity index (χ3v) is 5.80. The minimum absolute atomic E-state index is 0.0776. The molecule has 0 spiro atoms. The second-order valence-electron chi connectivity index (χ2n) is 8.66. The Balaban J connectivity index is 1.67. The van der Waals surface area contributed by atoms with Crippen molar-refractivity contribution in [3.8, 4) is 5.75 Å². The van der Waals surface area contributed by atoms with Crippen LogP contribution in [0.3, 0.4) is 0 Å². The molecule has 5 heteroatoms. The average Bonchev–Trinajstić information content (AvgIpc) is 2.76. The van der Waals surface area contributed by atoms with Crippen molar-refractivity contribution in [3.63, 3.8) is 0 Å². The molecule has 0 N–H and O–H groups in total. The molecule has 0 unspecified atom stereocenters. The Labute approximate surface area is 187 Å². The molecule has 168 valence electrons. The number of rotatable bonds is 8. The summed E-state index contributed by atoms with van der Waals surface area (Å²) in [5.74, 6) is 1.34. The van der Waals surface area contributed by atoms with E-state index in [1.165, 1.54) is 16.8 Å². The van der Waals surface area contributed by atoms with Gasteiger partial charge in [0.15, 0.2) is 0 Å². The van der Waals surface area contributed by atoms with Crippen LogP contribution in [0.1, 0.15) is 47.8 Å². The van der Waals surface area contributed by atoms with Gasteiger partial charge < -0.3 is 19.3 Å². The summed E-state index contributed by atoms with van der Waals surface area (Å²) >= 11 is 0. The highest BCUT2D eigenvalue weighted by molar-refractivity contribution is 5.94. The molecule has 1 fully saturated rings. The Bertz CT molecular complexity index is 886. The first kappa shape index (κ1) is 23.1. The molecular weight excluding hydrogens is 388 g/mol. The van der Waals surface area contributed by atoms with E-state index in [1.807, 2.05) is 30.0 Å². The van der Waals surface area contributed by atoms with Crippen molar-refractivity contribution in [2.45, 2.75) is 41.2 Å². The lowest BCUT2D eigenvalue weighted by Crippen LogP contribution is -2.49. The molecule has 0 atom stereocenters. The van der Waals surface area contributed by atoms with Crippen LogP contribution in [0.4, 0.5) is 5.69 Å². The van der Waals surface area contributed by atoms with Crippen LogP contribution in [0, 0.1) is 19.8 Å². The molecule has 31 heavy (non-hydrogen) atoms. The first-order chi connectivity index (χ1) is 14.9. The zero-order valence-electron chi connectivity index (χ0n) is 19.6. The monoisotopic (exact) mass is 424 g/mol. The maximum absolute atomic E-state index is 13.2. The number of hydrogen-bond donors (Lipinski definition) is 0. The highest BCUT2D eigenvalue weighted by atomic mass is 16.5. The Morgan fingerprint density at radius 2 is 1.81 bits per heavy atom. The fourth-order valence-electron chi connectivity index (χ4n) is 3.94. The number of ether oxygens (including phenoxy) is 2. The van der Waals surface area contributed by atoms with E-state index in [4.69, 9.17) is 9.47 Å². The van der Waals surface area contributed by atoms with Crippen molar-refractivity contribution >= 4 is 11.6 Å². The van der Waals surface area contributed by atoms with Crippen molar-refractivity contribution in [2.24, 2.45) is 5.92 Å². The minimum atomic E-state index is 0.0776. The van der Waals surface area contributed by atoms with Crippen LogP contribution in [-0.4, -0.2) is 50.2 Å². The lowest BCUT2D eigenvalue weighted by atomic mass is 10.1. The lowest BCUT2D eigenvalue weighted by Gasteiger charge is -2.37. The summed E-state index contributed by atoms with van der Waals surface area (Å²) in [7, 11) is 0. The maximum atomic E-state index is 13.2. The third-order valence-electron chi connectivity index (χ3n) is 5.80. The molecule has 0 radical (unpaired) electrons. The smallest absolute Gasteiger partial charge is 0.253 e. The van der Waals surface area contributed by atoms with Gasteiger partial charge in [-0.05, 0) is 62.1 Å². The summed E-state index contributed by atoms with van der Waals surface area (Å²) in [6, 6.07) is 12.1. The van der Waals surface area contributed by atoms with Crippen LogP contribution < -0.4 is 9.64 Å². The number of amides is 1. The molecule has 5 nitrogen and oxygen atoms in total. The molecule has 1 amide bonds. The summed E-state index contributed by atoms with van der Waals surface area (Å²) in [5, 5.41) is 0. The Kier molecular flexibility index (Phi) is 7.97. The molecule has 2 aromatic rings. The van der Waals surface area contributed by atoms with Crippen LogP contribution in [0.2, 0.25) is 0 Å². The Morgan fingerprint density at radius 1 is 1.06 bits per heavy atom. The van der Waals surface area contributed by atoms with E-state index in [9.17, 15) is 4.79 Å². The topological polar surface area (TPSA) is 42.0 Å². The summed E-state index contributed by atoms with van der Waals surface area (Å²) < 4.78 is 11.6. The number of aryl methyl sites for hydroxylation is 1. The van der Waals surface area contributed by atoms with E-state index >= 15 is 0 Å². The highest BCUT2D eigenvalue weighted by Crippen LogP contribution is 2.26. The number of hydrogen-bond acceptors (Lipinski definition) is 4. The predicted octanol–water partition coefficient (Wildman–Crippen LogP) is 4.84. The van der Waals surface area contributed by atoms with Crippen molar-refractivity contribution in [1.82, 2.24) is 4.90 Å². The van der Waals surface area contributed by atoms with E-state index in [1.54, 1.807) is 0 Å². The summed E-state index contributed by atoms with van der Waals surface area (Å²) in [6.45, 7) is 15.4. The van der Waals surface area contributed by atoms with Crippen molar-refractivity contribution in [1.29, 1.82) is 0 Å². The summed E-state index contributed by atoms with van der Waals surface area (Å²) in [5.41, 5.74) is 5.53. The van der Waals surface area contributed by atoms with Gasteiger partial charge in [0, 0.05) is 49.6 Å². The third kappa shape index (κ3) is 5.79. The molecule has 1 aliphatic heterocycles. The number of anilines is 1. The Morgan fingerprint density at radius 3 is 2.48 bits per heavy atom. The predicted molar refractivity (Wildman–Crippen MR) is 126 cm³/mol. The molecule has 3 rings (SSSR count). The summed E-state index contributed by atoms with van der Waals surface area (Å²) in [4.78, 5) is 17.5. The molecule has 1 saturated heterocycles. The van der Waals surface area contributed by atoms with Crippen LogP contribution in [0.15, 0.2) is 36.4 Å². The lowest BCUT2D eigenvalue weighted by molar-refractivity contribution is 0.0745. The van der Waals surface area contributed by atoms with Gasteiger partial charge in [0.2, 0.25) is 0 Å². The van der Waals surface area contributed by atoms with E-state index in [0.29, 0.717) is 31.3 Å². The van der Waals surface area contributed by atoms with E-state index < -0.39 is 0 Å². The molecule has 1 aliphatic rings. The van der Waals surface area contributed by atoms with Crippen LogP contribution in [0.5, 0.6) is 5.75 Å². The molecule has 0 aliphatic carbocycles. The van der Waals surface area contributed by atoms with Crippen LogP contribution >= 0.6 is 0 Å². The second-order valence-corrected chi connectivity index (χ2v) is 8.66. The fourth-order valence-corrected chi connectivity index (χ4v) is 3.94. The highest BCUT2D eigenvalue weighted by Gasteiger charge is 2.24. The molecule has 0 bridgehead atoms. The van der Waals surface area contributed by atoms with Crippen LogP contribution in [-0.2, 0) is 11.3 Å². The fraction of sp³-hybridized carbons (Fsp3) is 0.500. The van der Waals surface area contributed by atoms with Gasteiger partial charge in [-0.1, -0.05) is 26.0 Å². The number of nitrogens with zero attached hydrogens (tertiary/aromatic N) is 2. The largest absolute Gasteiger partial charge is 0.494 e. The zero-order chi connectivity index (χ0) is 22.4. The Hall–Kier alpha value is -2.53. The number of carbonyl (C=O) groups excluding carboxylic acids is 1. The normalized spacial score (nSPS) is 14.3. The molecule has 2 aromatic carbocycles. The summed E-state index contributed by atoms with van der Waals surface area (Å²) in [6.07, 6.45) is 0. The quantitative estimate of drug-likeness (QED) is 0.608. The van der Waals surface area contributed by atoms with E-state index in [-0.39, 0.29) is 5.91 Å². The number of benzene rings is 2. The van der Waals surface area contributed by atoms with Gasteiger partial charge >= 0.3 is 0 Å². The van der Waals surface area contributed by atoms with Crippen molar-refractivity contribution in [2.75, 3.05) is 44.3 Å². The van der Waals surface area contributed by atoms with Gasteiger partial charge in [-0.25, -0.2) is 0 Å². The van der Waals surface area contributed by atoms with Gasteiger partial charge in [0.05, 0.1) is 13.2 Å². The van der Waals surface area contributed by atoms with Gasteiger partial charge in [-0.3, -0.25) is 4.79 Å². The first-order valence-electron chi connectivity index (χ1n) is 11.3. The maximum Gasteiger partial charge on any atom is 0.253 e. The SMILES string of the molecule is CCOc1ccc(C(=O)N2CCN(c3cccc(C)c3C)CC2)cc1COCC(C)C. The number of carbonyl (C=O) groups is 1. The van der Waals surface area contributed by atoms with Gasteiger partial charge in [0.1, 0.15) is 5.75 Å². The minimum Gasteiger partial charge on any atom is -0.494 e. The zero-order valence-corrected chi connectivity index (χ0v) is 19.6. The van der Waals surface area contributed by atoms with Gasteiger partial charge in [0.25, 0.3) is 5.91 Å². The van der Waals surface area contributed by atoms with Crippen molar-refractivity contribution < 1.29 is 14.3 Å². The van der Waals surface area contributed by atoms with Crippen LogP contribution in [0.25, 0.3) is 0 Å². The average molecular weight is 425 g/mol. The van der Waals surface area contributed by atoms with Crippen molar-refractivity contribution in [3.05, 3.63) is 58.7 Å². The second kappa shape index (κ2) is 10.7. The molecule has 1 heterocycles.